The Morgan fingerprint density at radius 1 is 1.53 bits per heavy atom. The van der Waals surface area contributed by atoms with Gasteiger partial charge < -0.3 is 9.67 Å². The van der Waals surface area contributed by atoms with Crippen molar-refractivity contribution in [1.29, 1.82) is 0 Å². The normalized spacial score (nSPS) is 30.0. The molecule has 0 amide bonds. The van der Waals surface area contributed by atoms with Crippen LogP contribution in [0, 0.1) is 0 Å². The molecule has 1 N–H and O–H groups in total. The van der Waals surface area contributed by atoms with Gasteiger partial charge in [-0.3, -0.25) is 4.90 Å². The first-order valence-corrected chi connectivity index (χ1v) is 6.59. The van der Waals surface area contributed by atoms with Crippen LogP contribution in [0.1, 0.15) is 31.5 Å². The molecule has 1 atom stereocenters. The van der Waals surface area contributed by atoms with E-state index in [1.165, 1.54) is 12.8 Å². The molecule has 4 nitrogen and oxygen atoms in total. The summed E-state index contributed by atoms with van der Waals surface area (Å²) in [6.45, 7) is 1.93. The van der Waals surface area contributed by atoms with Crippen molar-refractivity contribution < 1.29 is 5.11 Å². The van der Waals surface area contributed by atoms with Crippen LogP contribution in [0.2, 0.25) is 0 Å². The monoisotopic (exact) mass is 235 g/mol. The molecule has 1 saturated carbocycles. The fourth-order valence-electron chi connectivity index (χ4n) is 2.83. The molecule has 0 aromatic carbocycles. The summed E-state index contributed by atoms with van der Waals surface area (Å²) in [6, 6.07) is 0.775. The van der Waals surface area contributed by atoms with Gasteiger partial charge in [-0.2, -0.15) is 0 Å². The van der Waals surface area contributed by atoms with Crippen molar-refractivity contribution in [3.8, 4) is 0 Å². The maximum absolute atomic E-state index is 10.5. The van der Waals surface area contributed by atoms with E-state index in [1.54, 1.807) is 0 Å². The molecule has 1 aromatic heterocycles. The highest BCUT2D eigenvalue weighted by molar-refractivity contribution is 4.99. The third-order valence-electron chi connectivity index (χ3n) is 4.16. The lowest BCUT2D eigenvalue weighted by atomic mass is 9.97. The van der Waals surface area contributed by atoms with Gasteiger partial charge in [0.15, 0.2) is 0 Å². The van der Waals surface area contributed by atoms with E-state index in [0.717, 1.165) is 44.2 Å². The topological polar surface area (TPSA) is 41.3 Å². The highest BCUT2D eigenvalue weighted by Gasteiger charge is 2.41. The van der Waals surface area contributed by atoms with Crippen LogP contribution in [0.5, 0.6) is 0 Å². The molecule has 2 fully saturated rings. The van der Waals surface area contributed by atoms with E-state index in [0.29, 0.717) is 0 Å². The van der Waals surface area contributed by atoms with Gasteiger partial charge in [-0.25, -0.2) is 4.98 Å². The highest BCUT2D eigenvalue weighted by atomic mass is 16.3. The minimum Gasteiger partial charge on any atom is -0.388 e. The quantitative estimate of drug-likeness (QED) is 0.845. The molecule has 1 unspecified atom stereocenters. The molecule has 0 bridgehead atoms. The van der Waals surface area contributed by atoms with Crippen LogP contribution in [0.4, 0.5) is 0 Å². The van der Waals surface area contributed by atoms with Gasteiger partial charge in [-0.15, -0.1) is 0 Å². The summed E-state index contributed by atoms with van der Waals surface area (Å²) in [6.07, 6.45) is 9.08. The fourth-order valence-corrected chi connectivity index (χ4v) is 2.83. The van der Waals surface area contributed by atoms with E-state index in [4.69, 9.17) is 0 Å². The van der Waals surface area contributed by atoms with Gasteiger partial charge in [0.05, 0.1) is 5.60 Å². The van der Waals surface area contributed by atoms with Crippen LogP contribution in [0.3, 0.4) is 0 Å². The van der Waals surface area contributed by atoms with Crippen molar-refractivity contribution >= 4 is 0 Å². The number of rotatable bonds is 4. The maximum Gasteiger partial charge on any atom is 0.108 e. The number of aromatic nitrogens is 2. The first-order chi connectivity index (χ1) is 8.16. The highest BCUT2D eigenvalue weighted by Crippen LogP contribution is 2.35. The number of hydrogen-bond donors (Lipinski definition) is 1. The Hall–Kier alpha value is -0.870. The van der Waals surface area contributed by atoms with E-state index < -0.39 is 5.60 Å². The first kappa shape index (κ1) is 11.2. The summed E-state index contributed by atoms with van der Waals surface area (Å²) < 4.78 is 2.04. The van der Waals surface area contributed by atoms with Crippen molar-refractivity contribution in [3.63, 3.8) is 0 Å². The molecule has 1 aliphatic carbocycles. The number of hydrogen-bond acceptors (Lipinski definition) is 3. The summed E-state index contributed by atoms with van der Waals surface area (Å²) in [7, 11) is 2.01. The van der Waals surface area contributed by atoms with Crippen LogP contribution in [0.25, 0.3) is 0 Å². The smallest absolute Gasteiger partial charge is 0.108 e. The molecule has 17 heavy (non-hydrogen) atoms. The lowest BCUT2D eigenvalue weighted by Crippen LogP contribution is -2.34. The molecule has 3 rings (SSSR count). The number of nitrogens with zero attached hydrogens (tertiary/aromatic N) is 3. The van der Waals surface area contributed by atoms with E-state index >= 15 is 0 Å². The lowest BCUT2D eigenvalue weighted by Gasteiger charge is -2.23. The van der Waals surface area contributed by atoms with Crippen molar-refractivity contribution in [1.82, 2.24) is 14.5 Å². The average Bonchev–Trinajstić information content (AvgIpc) is 2.97. The van der Waals surface area contributed by atoms with Gasteiger partial charge in [0, 0.05) is 45.0 Å². The molecule has 1 aromatic rings. The van der Waals surface area contributed by atoms with Gasteiger partial charge in [0.25, 0.3) is 0 Å². The molecular weight excluding hydrogens is 214 g/mol. The molecular formula is C13H21N3O. The second-order valence-electron chi connectivity index (χ2n) is 5.63. The van der Waals surface area contributed by atoms with Crippen molar-refractivity contribution in [2.75, 3.05) is 13.1 Å². The lowest BCUT2D eigenvalue weighted by molar-refractivity contribution is 0.0394. The number of β-amino-alcohol motifs (C(OH)–C–C–N with tert-alkyl or cyclic N) is 1. The van der Waals surface area contributed by atoms with E-state index in [9.17, 15) is 5.11 Å². The zero-order chi connectivity index (χ0) is 11.9. The van der Waals surface area contributed by atoms with Gasteiger partial charge in [-0.1, -0.05) is 0 Å². The van der Waals surface area contributed by atoms with Crippen LogP contribution in [-0.4, -0.2) is 44.3 Å². The van der Waals surface area contributed by atoms with Crippen LogP contribution >= 0.6 is 0 Å². The van der Waals surface area contributed by atoms with E-state index in [-0.39, 0.29) is 0 Å². The Labute approximate surface area is 102 Å². The van der Waals surface area contributed by atoms with Crippen LogP contribution in [-0.2, 0) is 13.5 Å². The second-order valence-corrected chi connectivity index (χ2v) is 5.63. The Morgan fingerprint density at radius 3 is 3.00 bits per heavy atom. The summed E-state index contributed by atoms with van der Waals surface area (Å²) in [5.41, 5.74) is -0.478. The Kier molecular flexibility index (Phi) is 2.71. The minimum atomic E-state index is -0.478. The summed E-state index contributed by atoms with van der Waals surface area (Å²) in [5, 5.41) is 10.5. The molecule has 94 valence electrons. The third-order valence-corrected chi connectivity index (χ3v) is 4.16. The predicted molar refractivity (Wildman–Crippen MR) is 65.7 cm³/mol. The number of likely N-dealkylation sites (tertiary alicyclic amines) is 1. The number of aryl methyl sites for hydroxylation is 2. The van der Waals surface area contributed by atoms with Gasteiger partial charge >= 0.3 is 0 Å². The largest absolute Gasteiger partial charge is 0.388 e. The molecule has 2 aliphatic rings. The van der Waals surface area contributed by atoms with Crippen molar-refractivity contribution in [2.45, 2.75) is 43.7 Å². The molecule has 1 saturated heterocycles. The third kappa shape index (κ3) is 2.38. The summed E-state index contributed by atoms with van der Waals surface area (Å²) >= 11 is 0. The predicted octanol–water partition coefficient (Wildman–Crippen LogP) is 0.952. The molecule has 4 heteroatoms. The molecule has 0 radical (unpaired) electrons. The number of aliphatic hydroxyl groups is 1. The zero-order valence-corrected chi connectivity index (χ0v) is 10.5. The molecule has 0 spiro atoms. The Morgan fingerprint density at radius 2 is 2.35 bits per heavy atom. The van der Waals surface area contributed by atoms with E-state index in [1.807, 2.05) is 24.0 Å². The van der Waals surface area contributed by atoms with Crippen LogP contribution < -0.4 is 0 Å². The van der Waals surface area contributed by atoms with Gasteiger partial charge in [0.2, 0.25) is 0 Å². The summed E-state index contributed by atoms with van der Waals surface area (Å²) in [5.74, 6) is 1.07. The van der Waals surface area contributed by atoms with Crippen molar-refractivity contribution in [2.24, 2.45) is 7.05 Å². The Balaban J connectivity index is 1.56. The van der Waals surface area contributed by atoms with Gasteiger partial charge in [-0.05, 0) is 25.7 Å². The van der Waals surface area contributed by atoms with Crippen molar-refractivity contribution in [3.05, 3.63) is 18.2 Å². The molecule has 2 heterocycles. The van der Waals surface area contributed by atoms with Crippen LogP contribution in [0.15, 0.2) is 12.4 Å². The SMILES string of the molecule is Cn1ccnc1CCC1(O)CCN(C2CC2)C1. The minimum absolute atomic E-state index is 0.478. The second kappa shape index (κ2) is 4.10. The first-order valence-electron chi connectivity index (χ1n) is 6.59. The number of imidazole rings is 1. The molecule has 1 aliphatic heterocycles. The van der Waals surface area contributed by atoms with E-state index in [2.05, 4.69) is 9.88 Å². The average molecular weight is 235 g/mol. The maximum atomic E-state index is 10.5. The zero-order valence-electron chi connectivity index (χ0n) is 10.5. The summed E-state index contributed by atoms with van der Waals surface area (Å²) in [4.78, 5) is 6.77. The van der Waals surface area contributed by atoms with Gasteiger partial charge in [0.1, 0.15) is 5.82 Å². The standard InChI is InChI=1S/C13H21N3O/c1-15-9-7-14-12(15)4-5-13(17)6-8-16(10-13)11-2-3-11/h7,9,11,17H,2-6,8,10H2,1H3. The Bertz CT molecular complexity index is 399. The fraction of sp³-hybridized carbons (Fsp3) is 0.769.